The Morgan fingerprint density at radius 1 is 1.31 bits per heavy atom. The lowest BCUT2D eigenvalue weighted by Crippen LogP contribution is -2.47. The summed E-state index contributed by atoms with van der Waals surface area (Å²) < 4.78 is 35.4. The van der Waals surface area contributed by atoms with Crippen LogP contribution in [-0.2, 0) is 11.3 Å². The van der Waals surface area contributed by atoms with Crippen LogP contribution in [0.15, 0.2) is 24.5 Å². The molecule has 3 atom stereocenters. The van der Waals surface area contributed by atoms with Crippen molar-refractivity contribution in [3.05, 3.63) is 35.9 Å². The molecular formula is C23H28F2N8O2. The second-order valence-electron chi connectivity index (χ2n) is 10.1. The van der Waals surface area contributed by atoms with Crippen LogP contribution in [0.3, 0.4) is 0 Å². The number of ether oxygens (including phenoxy) is 1. The van der Waals surface area contributed by atoms with Crippen LogP contribution in [0.1, 0.15) is 49.9 Å². The predicted molar refractivity (Wildman–Crippen MR) is 123 cm³/mol. The molecule has 2 aliphatic carbocycles. The van der Waals surface area contributed by atoms with Gasteiger partial charge in [0.05, 0.1) is 5.69 Å². The highest BCUT2D eigenvalue weighted by Gasteiger charge is 2.43. The Morgan fingerprint density at radius 2 is 2.14 bits per heavy atom. The number of likely N-dealkylation sites (tertiary alicyclic amines) is 1. The Hall–Kier alpha value is -3.28. The SMILES string of the molecule is CC1(NC(=O)O[C@H]2CC[C@@H](c3cc(Nc4nccc5nc(CN6CC(F)C6)cn45)n[nH]3)[C@H]2F)CC1. The summed E-state index contributed by atoms with van der Waals surface area (Å²) in [4.78, 5) is 23.1. The lowest BCUT2D eigenvalue weighted by molar-refractivity contribution is 0.0546. The van der Waals surface area contributed by atoms with Crippen molar-refractivity contribution in [1.29, 1.82) is 0 Å². The molecule has 186 valence electrons. The number of carbonyl (C=O) groups is 1. The number of halogens is 2. The molecule has 0 radical (unpaired) electrons. The third kappa shape index (κ3) is 4.54. The van der Waals surface area contributed by atoms with E-state index in [1.165, 1.54) is 0 Å². The topological polar surface area (TPSA) is 112 Å². The standard InChI is InChI=1S/C23H28F2N8O2/c1-23(5-6-23)29-22(34)35-17-3-2-15(20(17)25)16-8-18(31-30-16)28-21-26-7-4-19-27-14(12-33(19)21)11-32-9-13(24)10-32/h4,7-8,12-13,15,17,20H,2-3,5-6,9-11H2,1H3,(H,29,34)(H2,26,28,30,31)/t15-,17-,20+/m0/s1. The molecule has 1 aliphatic heterocycles. The molecule has 4 heterocycles. The average molecular weight is 487 g/mol. The Bertz CT molecular complexity index is 1240. The van der Waals surface area contributed by atoms with Crippen molar-refractivity contribution in [2.45, 2.75) is 69.1 Å². The van der Waals surface area contributed by atoms with Crippen molar-refractivity contribution in [3.8, 4) is 0 Å². The molecule has 6 rings (SSSR count). The smallest absolute Gasteiger partial charge is 0.407 e. The number of imidazole rings is 1. The molecular weight excluding hydrogens is 458 g/mol. The summed E-state index contributed by atoms with van der Waals surface area (Å²) in [7, 11) is 0. The van der Waals surface area contributed by atoms with Gasteiger partial charge in [0.1, 0.15) is 24.1 Å². The van der Waals surface area contributed by atoms with Crippen LogP contribution in [0.5, 0.6) is 0 Å². The molecule has 3 aromatic rings. The van der Waals surface area contributed by atoms with E-state index < -0.39 is 30.5 Å². The Balaban J connectivity index is 1.11. The number of alkyl halides is 2. The maximum atomic E-state index is 15.1. The van der Waals surface area contributed by atoms with Gasteiger partial charge < -0.3 is 15.4 Å². The van der Waals surface area contributed by atoms with Gasteiger partial charge in [-0.15, -0.1) is 0 Å². The van der Waals surface area contributed by atoms with Gasteiger partial charge in [-0.25, -0.2) is 23.5 Å². The summed E-state index contributed by atoms with van der Waals surface area (Å²) in [6.45, 7) is 3.39. The van der Waals surface area contributed by atoms with Crippen molar-refractivity contribution in [3.63, 3.8) is 0 Å². The van der Waals surface area contributed by atoms with E-state index in [0.717, 1.165) is 18.5 Å². The fourth-order valence-corrected chi connectivity index (χ4v) is 4.81. The van der Waals surface area contributed by atoms with Crippen molar-refractivity contribution in [1.82, 2.24) is 34.8 Å². The predicted octanol–water partition coefficient (Wildman–Crippen LogP) is 3.21. The van der Waals surface area contributed by atoms with Crippen LogP contribution in [0.2, 0.25) is 0 Å². The second-order valence-corrected chi connectivity index (χ2v) is 10.1. The minimum atomic E-state index is -1.32. The van der Waals surface area contributed by atoms with Crippen LogP contribution in [0, 0.1) is 0 Å². The van der Waals surface area contributed by atoms with Gasteiger partial charge in [-0.05, 0) is 38.7 Å². The molecule has 12 heteroatoms. The van der Waals surface area contributed by atoms with Gasteiger partial charge in [-0.3, -0.25) is 14.4 Å². The van der Waals surface area contributed by atoms with Crippen molar-refractivity contribution < 1.29 is 18.3 Å². The number of hydrogen-bond donors (Lipinski definition) is 3. The van der Waals surface area contributed by atoms with Crippen LogP contribution < -0.4 is 10.6 Å². The van der Waals surface area contributed by atoms with E-state index in [2.05, 4.69) is 30.8 Å². The van der Waals surface area contributed by atoms with Crippen LogP contribution in [0.4, 0.5) is 25.3 Å². The van der Waals surface area contributed by atoms with E-state index in [9.17, 15) is 9.18 Å². The van der Waals surface area contributed by atoms with Crippen molar-refractivity contribution >= 4 is 23.5 Å². The number of aromatic nitrogens is 5. The molecule has 0 aromatic carbocycles. The molecule has 3 fully saturated rings. The first-order chi connectivity index (χ1) is 16.8. The number of aromatic amines is 1. The molecule has 3 aliphatic rings. The van der Waals surface area contributed by atoms with E-state index >= 15 is 4.39 Å². The summed E-state index contributed by atoms with van der Waals surface area (Å²) in [5.74, 6) is 0.571. The number of carbonyl (C=O) groups excluding carboxylic acids is 1. The van der Waals surface area contributed by atoms with Gasteiger partial charge in [0, 0.05) is 55.2 Å². The van der Waals surface area contributed by atoms with Crippen molar-refractivity contribution in [2.24, 2.45) is 0 Å². The third-order valence-corrected chi connectivity index (χ3v) is 7.13. The maximum absolute atomic E-state index is 15.1. The van der Waals surface area contributed by atoms with Gasteiger partial charge in [-0.1, -0.05) is 0 Å². The summed E-state index contributed by atoms with van der Waals surface area (Å²) in [6, 6.07) is 3.55. The Kier molecular flexibility index (Phi) is 5.35. The number of nitrogens with zero attached hydrogens (tertiary/aromatic N) is 5. The Morgan fingerprint density at radius 3 is 2.91 bits per heavy atom. The second kappa shape index (κ2) is 8.43. The highest BCUT2D eigenvalue weighted by Crippen LogP contribution is 2.39. The molecule has 2 saturated carbocycles. The molecule has 10 nitrogen and oxygen atoms in total. The van der Waals surface area contributed by atoms with Crippen LogP contribution in [0.25, 0.3) is 5.65 Å². The zero-order valence-corrected chi connectivity index (χ0v) is 19.4. The number of amides is 1. The normalized spacial score (nSPS) is 26.0. The monoisotopic (exact) mass is 486 g/mol. The first-order valence-electron chi connectivity index (χ1n) is 12.0. The van der Waals surface area contributed by atoms with E-state index in [1.807, 2.05) is 22.4 Å². The largest absolute Gasteiger partial charge is 0.443 e. The van der Waals surface area contributed by atoms with Crippen LogP contribution >= 0.6 is 0 Å². The first kappa shape index (κ1) is 22.2. The highest BCUT2D eigenvalue weighted by molar-refractivity contribution is 5.69. The molecule has 0 unspecified atom stereocenters. The molecule has 1 saturated heterocycles. The number of anilines is 2. The molecule has 0 spiro atoms. The maximum Gasteiger partial charge on any atom is 0.407 e. The van der Waals surface area contributed by atoms with E-state index in [1.54, 1.807) is 18.3 Å². The highest BCUT2D eigenvalue weighted by atomic mass is 19.1. The van der Waals surface area contributed by atoms with E-state index in [-0.39, 0.29) is 5.54 Å². The number of H-pyrrole nitrogens is 1. The third-order valence-electron chi connectivity index (χ3n) is 7.13. The molecule has 1 amide bonds. The number of fused-ring (bicyclic) bond motifs is 1. The minimum Gasteiger partial charge on any atom is -0.443 e. The number of alkyl carbamates (subject to hydrolysis) is 1. The molecule has 3 aromatic heterocycles. The summed E-state index contributed by atoms with van der Waals surface area (Å²) in [5, 5.41) is 13.2. The van der Waals surface area contributed by atoms with Gasteiger partial charge in [0.25, 0.3) is 0 Å². The summed E-state index contributed by atoms with van der Waals surface area (Å²) >= 11 is 0. The van der Waals surface area contributed by atoms with Crippen molar-refractivity contribution in [2.75, 3.05) is 18.4 Å². The van der Waals surface area contributed by atoms with Gasteiger partial charge in [-0.2, -0.15) is 5.10 Å². The fourth-order valence-electron chi connectivity index (χ4n) is 4.81. The fraction of sp³-hybridized carbons (Fsp3) is 0.565. The lowest BCUT2D eigenvalue weighted by Gasteiger charge is -2.33. The van der Waals surface area contributed by atoms with E-state index in [4.69, 9.17) is 4.74 Å². The molecule has 3 N–H and O–H groups in total. The zero-order chi connectivity index (χ0) is 24.2. The first-order valence-corrected chi connectivity index (χ1v) is 12.0. The number of nitrogens with one attached hydrogen (secondary N) is 3. The number of hydrogen-bond acceptors (Lipinski definition) is 7. The van der Waals surface area contributed by atoms with Gasteiger partial charge >= 0.3 is 6.09 Å². The summed E-state index contributed by atoms with van der Waals surface area (Å²) in [6.07, 6.45) is 2.95. The van der Waals surface area contributed by atoms with Gasteiger partial charge in [0.2, 0.25) is 5.95 Å². The lowest BCUT2D eigenvalue weighted by atomic mass is 10.0. The van der Waals surface area contributed by atoms with Crippen LogP contribution in [-0.4, -0.2) is 72.6 Å². The molecule has 35 heavy (non-hydrogen) atoms. The zero-order valence-electron chi connectivity index (χ0n) is 19.4. The Labute approximate surface area is 200 Å². The van der Waals surface area contributed by atoms with E-state index in [0.29, 0.717) is 55.6 Å². The summed E-state index contributed by atoms with van der Waals surface area (Å²) in [5.41, 5.74) is 1.97. The quantitative estimate of drug-likeness (QED) is 0.470. The average Bonchev–Trinajstić information content (AvgIpc) is 3.13. The molecule has 0 bridgehead atoms. The number of rotatable bonds is 7. The minimum absolute atomic E-state index is 0.204. The van der Waals surface area contributed by atoms with Gasteiger partial charge in [0.15, 0.2) is 5.82 Å².